The maximum absolute atomic E-state index is 9.46. The second-order valence-electron chi connectivity index (χ2n) is 2.97. The molecule has 0 bridgehead atoms. The highest BCUT2D eigenvalue weighted by Crippen LogP contribution is 2.22. The molecule has 0 amide bonds. The van der Waals surface area contributed by atoms with Gasteiger partial charge in [-0.05, 0) is 36.6 Å². The Morgan fingerprint density at radius 1 is 1.42 bits per heavy atom. The number of hydrogen-bond donors (Lipinski definition) is 2. The number of rotatable bonds is 2. The second-order valence-corrected chi connectivity index (χ2v) is 2.97. The van der Waals surface area contributed by atoms with E-state index in [2.05, 4.69) is 0 Å². The van der Waals surface area contributed by atoms with Crippen LogP contribution in [0.5, 0.6) is 5.75 Å². The van der Waals surface area contributed by atoms with Gasteiger partial charge in [0.05, 0.1) is 6.10 Å². The summed E-state index contributed by atoms with van der Waals surface area (Å²) >= 11 is 0. The molecule has 12 heavy (non-hydrogen) atoms. The first-order valence-electron chi connectivity index (χ1n) is 4.12. The molecule has 2 heteroatoms. The van der Waals surface area contributed by atoms with Crippen molar-refractivity contribution in [1.29, 1.82) is 0 Å². The van der Waals surface area contributed by atoms with Crippen LogP contribution in [0.4, 0.5) is 0 Å². The molecule has 0 aliphatic heterocycles. The van der Waals surface area contributed by atoms with Crippen LogP contribution < -0.4 is 0 Å². The number of aliphatic hydroxyl groups is 1. The Kier molecular flexibility index (Phi) is 2.71. The zero-order valence-electron chi connectivity index (χ0n) is 7.41. The second kappa shape index (κ2) is 3.59. The first kappa shape index (κ1) is 9.07. The molecule has 0 aliphatic carbocycles. The molecule has 1 unspecified atom stereocenters. The van der Waals surface area contributed by atoms with Crippen molar-refractivity contribution in [1.82, 2.24) is 0 Å². The lowest BCUT2D eigenvalue weighted by Gasteiger charge is -2.09. The summed E-state index contributed by atoms with van der Waals surface area (Å²) in [6, 6.07) is 5.17. The number of aryl methyl sites for hydroxylation is 1. The van der Waals surface area contributed by atoms with Crippen molar-refractivity contribution in [3.05, 3.63) is 29.3 Å². The molecule has 2 nitrogen and oxygen atoms in total. The molecule has 0 radical (unpaired) electrons. The molecule has 0 fully saturated rings. The number of phenolic OH excluding ortho intramolecular Hbond substituents is 1. The molecule has 2 N–H and O–H groups in total. The van der Waals surface area contributed by atoms with Crippen molar-refractivity contribution < 1.29 is 10.2 Å². The van der Waals surface area contributed by atoms with E-state index in [1.54, 1.807) is 12.1 Å². The third-order valence-electron chi connectivity index (χ3n) is 1.99. The molecule has 1 aromatic carbocycles. The molecule has 0 aliphatic rings. The van der Waals surface area contributed by atoms with Crippen molar-refractivity contribution >= 4 is 0 Å². The minimum atomic E-state index is -0.413. The van der Waals surface area contributed by atoms with Gasteiger partial charge >= 0.3 is 0 Å². The summed E-state index contributed by atoms with van der Waals surface area (Å²) in [5.41, 5.74) is 1.67. The summed E-state index contributed by atoms with van der Waals surface area (Å²) in [7, 11) is 0. The molecule has 0 aromatic heterocycles. The van der Waals surface area contributed by atoms with Crippen molar-refractivity contribution in [3.63, 3.8) is 0 Å². The van der Waals surface area contributed by atoms with Crippen molar-refractivity contribution in [3.8, 4) is 5.75 Å². The highest BCUT2D eigenvalue weighted by Gasteiger charge is 2.05. The quantitative estimate of drug-likeness (QED) is 0.706. The Balaban J connectivity index is 2.96. The Hall–Kier alpha value is -1.02. The van der Waals surface area contributed by atoms with E-state index < -0.39 is 6.10 Å². The van der Waals surface area contributed by atoms with Crippen LogP contribution in [0.1, 0.15) is 30.6 Å². The van der Waals surface area contributed by atoms with Crippen LogP contribution in [0.3, 0.4) is 0 Å². The molecular weight excluding hydrogens is 152 g/mol. The smallest absolute Gasteiger partial charge is 0.118 e. The first-order valence-corrected chi connectivity index (χ1v) is 4.12. The van der Waals surface area contributed by atoms with Crippen LogP contribution in [-0.4, -0.2) is 10.2 Å². The van der Waals surface area contributed by atoms with Crippen LogP contribution in [0.25, 0.3) is 0 Å². The van der Waals surface area contributed by atoms with Crippen molar-refractivity contribution in [2.24, 2.45) is 0 Å². The third kappa shape index (κ3) is 1.77. The predicted molar refractivity (Wildman–Crippen MR) is 48.1 cm³/mol. The van der Waals surface area contributed by atoms with Gasteiger partial charge in [-0.3, -0.25) is 0 Å². The van der Waals surface area contributed by atoms with Gasteiger partial charge in [0, 0.05) is 0 Å². The molecule has 1 atom stereocenters. The van der Waals surface area contributed by atoms with E-state index in [1.165, 1.54) is 0 Å². The molecule has 0 saturated heterocycles. The lowest BCUT2D eigenvalue weighted by atomic mass is 10.0. The van der Waals surface area contributed by atoms with Gasteiger partial charge in [0.1, 0.15) is 5.75 Å². The Labute approximate surface area is 72.5 Å². The van der Waals surface area contributed by atoms with Gasteiger partial charge in [0.25, 0.3) is 0 Å². The third-order valence-corrected chi connectivity index (χ3v) is 1.99. The minimum absolute atomic E-state index is 0.280. The van der Waals surface area contributed by atoms with Crippen LogP contribution in [0, 0.1) is 6.92 Å². The number of phenols is 1. The van der Waals surface area contributed by atoms with Gasteiger partial charge in [-0.25, -0.2) is 0 Å². The lowest BCUT2D eigenvalue weighted by Crippen LogP contribution is -1.94. The molecular formula is C10H14O2. The summed E-state index contributed by atoms with van der Waals surface area (Å²) in [5, 5.41) is 18.7. The maximum Gasteiger partial charge on any atom is 0.118 e. The van der Waals surface area contributed by atoms with Crippen LogP contribution in [-0.2, 0) is 0 Å². The fourth-order valence-electron chi connectivity index (χ4n) is 1.12. The van der Waals surface area contributed by atoms with Crippen LogP contribution in [0.15, 0.2) is 18.2 Å². The molecule has 0 saturated carbocycles. The van der Waals surface area contributed by atoms with Gasteiger partial charge in [-0.2, -0.15) is 0 Å². The fourth-order valence-corrected chi connectivity index (χ4v) is 1.12. The molecule has 0 spiro atoms. The standard InChI is InChI=1S/C10H14O2/c1-3-9(11)8-4-5-10(12)7(2)6-8/h4-6,9,11-12H,3H2,1-2H3. The topological polar surface area (TPSA) is 40.5 Å². The van der Waals surface area contributed by atoms with E-state index in [1.807, 2.05) is 19.9 Å². The summed E-state index contributed by atoms with van der Waals surface area (Å²) < 4.78 is 0. The van der Waals surface area contributed by atoms with Gasteiger partial charge in [0.15, 0.2) is 0 Å². The summed E-state index contributed by atoms with van der Waals surface area (Å²) in [5.74, 6) is 0.280. The van der Waals surface area contributed by atoms with E-state index in [0.29, 0.717) is 6.42 Å². The van der Waals surface area contributed by atoms with E-state index in [-0.39, 0.29) is 5.75 Å². The van der Waals surface area contributed by atoms with Gasteiger partial charge in [0.2, 0.25) is 0 Å². The van der Waals surface area contributed by atoms with Gasteiger partial charge in [-0.15, -0.1) is 0 Å². The van der Waals surface area contributed by atoms with Gasteiger partial charge < -0.3 is 10.2 Å². The summed E-state index contributed by atoms with van der Waals surface area (Å²) in [6.07, 6.45) is 0.286. The normalized spacial score (nSPS) is 12.9. The van der Waals surface area contributed by atoms with E-state index in [4.69, 9.17) is 0 Å². The zero-order chi connectivity index (χ0) is 9.14. The first-order chi connectivity index (χ1) is 5.65. The summed E-state index contributed by atoms with van der Waals surface area (Å²) in [6.45, 7) is 3.74. The monoisotopic (exact) mass is 166 g/mol. The van der Waals surface area contributed by atoms with Crippen molar-refractivity contribution in [2.45, 2.75) is 26.4 Å². The van der Waals surface area contributed by atoms with Crippen LogP contribution >= 0.6 is 0 Å². The van der Waals surface area contributed by atoms with Gasteiger partial charge in [-0.1, -0.05) is 13.0 Å². The number of aliphatic hydroxyl groups excluding tert-OH is 1. The Bertz CT molecular complexity index is 269. The zero-order valence-corrected chi connectivity index (χ0v) is 7.41. The largest absolute Gasteiger partial charge is 0.508 e. The SMILES string of the molecule is CCC(O)c1ccc(O)c(C)c1. The fraction of sp³-hybridized carbons (Fsp3) is 0.400. The highest BCUT2D eigenvalue weighted by atomic mass is 16.3. The average molecular weight is 166 g/mol. The van der Waals surface area contributed by atoms with Crippen molar-refractivity contribution in [2.75, 3.05) is 0 Å². The molecule has 66 valence electrons. The highest BCUT2D eigenvalue weighted by molar-refractivity contribution is 5.35. The maximum atomic E-state index is 9.46. The van der Waals surface area contributed by atoms with Crippen LogP contribution in [0.2, 0.25) is 0 Å². The average Bonchev–Trinajstić information content (AvgIpc) is 2.08. The lowest BCUT2D eigenvalue weighted by molar-refractivity contribution is 0.173. The minimum Gasteiger partial charge on any atom is -0.508 e. The molecule has 1 rings (SSSR count). The molecule has 0 heterocycles. The number of aromatic hydroxyl groups is 1. The van der Waals surface area contributed by atoms with E-state index >= 15 is 0 Å². The Morgan fingerprint density at radius 3 is 2.58 bits per heavy atom. The summed E-state index contributed by atoms with van der Waals surface area (Å²) in [4.78, 5) is 0. The number of hydrogen-bond acceptors (Lipinski definition) is 2. The Morgan fingerprint density at radius 2 is 2.08 bits per heavy atom. The van der Waals surface area contributed by atoms with E-state index in [9.17, 15) is 10.2 Å². The molecule has 1 aromatic rings. The predicted octanol–water partition coefficient (Wildman–Crippen LogP) is 2.14. The van der Waals surface area contributed by atoms with E-state index in [0.717, 1.165) is 11.1 Å². The number of benzene rings is 1.